The van der Waals surface area contributed by atoms with Gasteiger partial charge in [-0.1, -0.05) is 53.7 Å². The first-order valence-electron chi connectivity index (χ1n) is 28.0. The fourth-order valence-corrected chi connectivity index (χ4v) is 9.30. The lowest BCUT2D eigenvalue weighted by molar-refractivity contribution is -0.128. The average Bonchev–Trinajstić information content (AvgIpc) is 4.29. The number of hydrogen-bond donors (Lipinski definition) is 8. The molecule has 456 valence electrons. The van der Waals surface area contributed by atoms with Crippen LogP contribution in [0, 0.1) is 45.3 Å². The average molecular weight is 1180 g/mol. The molecule has 0 radical (unpaired) electrons. The molecule has 8 N–H and O–H groups in total. The highest BCUT2D eigenvalue weighted by Gasteiger charge is 2.33. The van der Waals surface area contributed by atoms with Gasteiger partial charge in [-0.2, -0.15) is 14.4 Å². The number of piperidine rings is 2. The van der Waals surface area contributed by atoms with E-state index in [0.29, 0.717) is 103 Å². The molecular weight excluding hydrogens is 1090 g/mol. The van der Waals surface area contributed by atoms with Gasteiger partial charge in [0.05, 0.1) is 51.8 Å². The van der Waals surface area contributed by atoms with Gasteiger partial charge in [-0.15, -0.1) is 0 Å². The number of ether oxygens (including phenoxy) is 6. The largest absolute Gasteiger partial charge is 0.490 e. The molecule has 0 saturated carbocycles. The van der Waals surface area contributed by atoms with Crippen LogP contribution in [0.1, 0.15) is 114 Å². The topological polar surface area (TPSA) is 309 Å². The monoisotopic (exact) mass is 1180 g/mol. The Kier molecular flexibility index (Phi) is 29.1. The summed E-state index contributed by atoms with van der Waals surface area (Å²) in [6.45, 7) is 16.5. The number of amides is 6. The number of carbonyl (C=O) groups is 6. The molecule has 2 fully saturated rings. The molecular formula is C59H85FN10O12S. The minimum Gasteiger partial charge on any atom is -0.490 e. The molecule has 4 heterocycles. The van der Waals surface area contributed by atoms with Crippen LogP contribution in [-0.2, 0) is 38.1 Å². The van der Waals surface area contributed by atoms with Gasteiger partial charge in [-0.05, 0) is 98.6 Å². The third-order valence-corrected chi connectivity index (χ3v) is 13.2. The van der Waals surface area contributed by atoms with Gasteiger partial charge < -0.3 is 70.3 Å². The Morgan fingerprint density at radius 2 is 1.00 bits per heavy atom. The highest BCUT2D eigenvalue weighted by Crippen LogP contribution is 2.29. The lowest BCUT2D eigenvalue weighted by atomic mass is 9.87. The fourth-order valence-electron chi connectivity index (χ4n) is 9.30. The number of aromatic amines is 2. The number of nitriles is 2. The molecule has 2 unspecified atom stereocenters. The molecule has 22 nitrogen and oxygen atoms in total. The molecule has 2 saturated heterocycles. The van der Waals surface area contributed by atoms with E-state index < -0.39 is 47.8 Å². The van der Waals surface area contributed by atoms with Gasteiger partial charge in [-0.3, -0.25) is 28.8 Å². The van der Waals surface area contributed by atoms with E-state index >= 15 is 0 Å². The number of rotatable bonds is 28. The molecule has 0 bridgehead atoms. The summed E-state index contributed by atoms with van der Waals surface area (Å²) >= 11 is 0.250. The number of hydrogen-bond acceptors (Lipinski definition) is 15. The normalized spacial score (nSPS) is 16.6. The van der Waals surface area contributed by atoms with Crippen LogP contribution in [0.3, 0.4) is 0 Å². The van der Waals surface area contributed by atoms with Gasteiger partial charge in [0.1, 0.15) is 60.3 Å². The van der Waals surface area contributed by atoms with E-state index in [1.807, 2.05) is 77.9 Å². The van der Waals surface area contributed by atoms with Gasteiger partial charge in [-0.25, -0.2) is 0 Å². The summed E-state index contributed by atoms with van der Waals surface area (Å²) in [5.41, 5.74) is 1.43. The number of H-pyrrole nitrogens is 2. The standard InChI is InChI=1S/2C29H41N5O6.CH3FS/c2*1-29(2,3)17-24(28(37)32-20(18-30)15-19-7-6-10-31-26(19)35)34-27(36)23-16-21-22(33-23)8-5-9-25(21)40-14-13-39-12-11-38-4;1-3-2/h2*5,8-9,16,19-20,24,33H,6-7,10-15,17H2,1-4H3,(H,31,35)(H,32,37)(H,34,36);1H3/t2*19?,20-,24-;/m00./s1. The third-order valence-electron chi connectivity index (χ3n) is 13.2. The number of aromatic nitrogens is 2. The summed E-state index contributed by atoms with van der Waals surface area (Å²) in [5, 5.41) is 37.6. The molecule has 0 spiro atoms. The van der Waals surface area contributed by atoms with E-state index in [4.69, 9.17) is 28.4 Å². The zero-order valence-corrected chi connectivity index (χ0v) is 50.2. The van der Waals surface area contributed by atoms with Gasteiger partial charge in [0, 0.05) is 79.4 Å². The summed E-state index contributed by atoms with van der Waals surface area (Å²) in [7, 11) is 3.22. The highest BCUT2D eigenvalue weighted by atomic mass is 32.2. The Labute approximate surface area is 490 Å². The van der Waals surface area contributed by atoms with E-state index in [9.17, 15) is 43.2 Å². The van der Waals surface area contributed by atoms with Crippen molar-refractivity contribution in [1.82, 2.24) is 41.9 Å². The fraction of sp³-hybridized carbons (Fsp3) is 0.593. The van der Waals surface area contributed by atoms with E-state index in [2.05, 4.69) is 54.0 Å². The van der Waals surface area contributed by atoms with Gasteiger partial charge >= 0.3 is 0 Å². The van der Waals surface area contributed by atoms with Gasteiger partial charge in [0.2, 0.25) is 23.6 Å². The van der Waals surface area contributed by atoms with Crippen LogP contribution in [0.25, 0.3) is 21.8 Å². The summed E-state index contributed by atoms with van der Waals surface area (Å²) in [6, 6.07) is 15.1. The molecule has 6 amide bonds. The van der Waals surface area contributed by atoms with E-state index in [-0.39, 0.29) is 70.9 Å². The summed E-state index contributed by atoms with van der Waals surface area (Å²) < 4.78 is 42.7. The Hall–Kier alpha value is -6.96. The Balaban J connectivity index is 0.000000340. The summed E-state index contributed by atoms with van der Waals surface area (Å²) in [4.78, 5) is 83.7. The minimum atomic E-state index is -0.880. The van der Waals surface area contributed by atoms with Crippen molar-refractivity contribution in [3.05, 3.63) is 59.9 Å². The predicted octanol–water partition coefficient (Wildman–Crippen LogP) is 6.57. The third kappa shape index (κ3) is 24.0. The van der Waals surface area contributed by atoms with Crippen molar-refractivity contribution < 1.29 is 61.1 Å². The Morgan fingerprint density at radius 1 is 0.627 bits per heavy atom. The lowest BCUT2D eigenvalue weighted by Crippen LogP contribution is -2.51. The molecule has 6 rings (SSSR count). The first-order chi connectivity index (χ1) is 39.6. The second-order valence-corrected chi connectivity index (χ2v) is 22.9. The molecule has 2 aliphatic rings. The number of carbonyl (C=O) groups excluding carboxylic acids is 6. The van der Waals surface area contributed by atoms with Gasteiger partial charge in [0.15, 0.2) is 0 Å². The molecule has 6 atom stereocenters. The van der Waals surface area contributed by atoms with E-state index in [1.54, 1.807) is 26.4 Å². The maximum Gasteiger partial charge on any atom is 0.268 e. The molecule has 4 aromatic rings. The number of nitrogens with zero attached hydrogens (tertiary/aromatic N) is 2. The predicted molar refractivity (Wildman–Crippen MR) is 314 cm³/mol. The van der Waals surface area contributed by atoms with Crippen LogP contribution >= 0.6 is 12.1 Å². The van der Waals surface area contributed by atoms with Crippen LogP contribution in [0.5, 0.6) is 11.5 Å². The zero-order chi connectivity index (χ0) is 61.0. The SMILES string of the molecule is COCCOCCOc1cccc2[nH]c(C(=O)N[C@@H](CC(C)(C)C)C(=O)N[C@H](C#N)CC3CCCNC3=O)cc12.COCCOCCOc1cccc2[nH]c(C(=O)N[C@@H](CC(C)(C)C)C(=O)N[C@H](C#N)CC3CCCNC3=O)cc12.CSF. The van der Waals surface area contributed by atoms with Crippen molar-refractivity contribution in [3.63, 3.8) is 0 Å². The number of methoxy groups -OCH3 is 2. The maximum atomic E-state index is 13.3. The zero-order valence-electron chi connectivity index (χ0n) is 49.4. The van der Waals surface area contributed by atoms with Crippen LogP contribution < -0.4 is 41.4 Å². The molecule has 0 aliphatic carbocycles. The molecule has 83 heavy (non-hydrogen) atoms. The van der Waals surface area contributed by atoms with Crippen LogP contribution in [-0.4, -0.2) is 156 Å². The lowest BCUT2D eigenvalue weighted by Gasteiger charge is -2.28. The highest BCUT2D eigenvalue weighted by molar-refractivity contribution is 7.93. The van der Waals surface area contributed by atoms with E-state index in [1.165, 1.54) is 6.26 Å². The first-order valence-corrected chi connectivity index (χ1v) is 29.1. The number of fused-ring (bicyclic) bond motifs is 2. The van der Waals surface area contributed by atoms with Crippen molar-refractivity contribution in [2.24, 2.45) is 22.7 Å². The van der Waals surface area contributed by atoms with E-state index in [0.717, 1.165) is 34.6 Å². The van der Waals surface area contributed by atoms with Crippen LogP contribution in [0.4, 0.5) is 3.89 Å². The van der Waals surface area contributed by atoms with Crippen LogP contribution in [0.15, 0.2) is 48.5 Å². The maximum absolute atomic E-state index is 13.3. The summed E-state index contributed by atoms with van der Waals surface area (Å²) in [5.74, 6) is -1.44. The molecule has 24 heteroatoms. The number of benzene rings is 2. The van der Waals surface area contributed by atoms with Crippen molar-refractivity contribution in [2.75, 3.05) is 86.4 Å². The van der Waals surface area contributed by atoms with Crippen LogP contribution in [0.2, 0.25) is 0 Å². The first kappa shape index (κ1) is 68.5. The smallest absolute Gasteiger partial charge is 0.268 e. The number of halogens is 1. The van der Waals surface area contributed by atoms with Gasteiger partial charge in [0.25, 0.3) is 11.8 Å². The van der Waals surface area contributed by atoms with Crippen molar-refractivity contribution in [1.29, 1.82) is 10.5 Å². The minimum absolute atomic E-state index is 0.0962. The second kappa shape index (κ2) is 35.2. The van der Waals surface area contributed by atoms with Crippen molar-refractivity contribution in [3.8, 4) is 23.6 Å². The number of nitrogens with one attached hydrogen (secondary N) is 8. The molecule has 2 aromatic carbocycles. The molecule has 2 aliphatic heterocycles. The quantitative estimate of drug-likeness (QED) is 0.0279. The van der Waals surface area contributed by atoms with Crippen molar-refractivity contribution >= 4 is 69.4 Å². The summed E-state index contributed by atoms with van der Waals surface area (Å²) in [6.07, 6.45) is 5.56. The Morgan fingerprint density at radius 3 is 1.34 bits per heavy atom. The van der Waals surface area contributed by atoms with Crippen molar-refractivity contribution in [2.45, 2.75) is 117 Å². The molecule has 2 aromatic heterocycles. The second-order valence-electron chi connectivity index (χ2n) is 22.6. The Bertz CT molecular complexity index is 2620.